The molecule has 3 aromatic rings. The number of anilines is 1. The van der Waals surface area contributed by atoms with Crippen molar-refractivity contribution in [3.63, 3.8) is 0 Å². The number of hydrogen-bond acceptors (Lipinski definition) is 4. The van der Waals surface area contributed by atoms with Gasteiger partial charge in [-0.2, -0.15) is 5.26 Å². The standard InChI is InChI=1S/C20H19ClN4O/c1-13-7-8-14(2)16(9-13)12-26-20-17(10-22)19(23)25(24-20)11-15-5-3-4-6-18(15)21/h3-9H,11-12,23H2,1-2H3. The number of hydrogen-bond donors (Lipinski definition) is 1. The highest BCUT2D eigenvalue weighted by Gasteiger charge is 2.18. The van der Waals surface area contributed by atoms with Gasteiger partial charge in [-0.25, -0.2) is 4.68 Å². The van der Waals surface area contributed by atoms with Crippen LogP contribution in [0.5, 0.6) is 5.88 Å². The van der Waals surface area contributed by atoms with E-state index in [1.165, 1.54) is 4.68 Å². The van der Waals surface area contributed by atoms with Crippen LogP contribution >= 0.6 is 11.6 Å². The van der Waals surface area contributed by atoms with Crippen LogP contribution in [0.3, 0.4) is 0 Å². The number of nitrogen functional groups attached to an aromatic ring is 1. The van der Waals surface area contributed by atoms with Crippen LogP contribution in [0, 0.1) is 25.2 Å². The molecule has 5 nitrogen and oxygen atoms in total. The molecular weight excluding hydrogens is 348 g/mol. The molecule has 6 heteroatoms. The van der Waals surface area contributed by atoms with E-state index in [4.69, 9.17) is 22.1 Å². The number of aryl methyl sites for hydroxylation is 2. The lowest BCUT2D eigenvalue weighted by Gasteiger charge is -2.08. The zero-order valence-corrected chi connectivity index (χ0v) is 15.4. The molecule has 0 fully saturated rings. The molecule has 0 bridgehead atoms. The van der Waals surface area contributed by atoms with Crippen molar-refractivity contribution < 1.29 is 4.74 Å². The van der Waals surface area contributed by atoms with Crippen LogP contribution in [0.4, 0.5) is 5.82 Å². The van der Waals surface area contributed by atoms with Crippen molar-refractivity contribution in [2.45, 2.75) is 27.0 Å². The Morgan fingerprint density at radius 2 is 1.96 bits per heavy atom. The number of rotatable bonds is 5. The molecule has 2 aromatic carbocycles. The Kier molecular flexibility index (Phi) is 5.15. The molecule has 0 unspecified atom stereocenters. The number of nitriles is 1. The third-order valence-corrected chi connectivity index (χ3v) is 4.59. The van der Waals surface area contributed by atoms with Crippen LogP contribution in [-0.4, -0.2) is 9.78 Å². The Balaban J connectivity index is 1.85. The van der Waals surface area contributed by atoms with Gasteiger partial charge < -0.3 is 10.5 Å². The first-order valence-corrected chi connectivity index (χ1v) is 8.56. The van der Waals surface area contributed by atoms with Crippen molar-refractivity contribution in [3.05, 3.63) is 75.3 Å². The summed E-state index contributed by atoms with van der Waals surface area (Å²) in [4.78, 5) is 0. The fraction of sp³-hybridized carbons (Fsp3) is 0.200. The van der Waals surface area contributed by atoms with Gasteiger partial charge in [0.25, 0.3) is 5.88 Å². The SMILES string of the molecule is Cc1ccc(C)c(COc2nn(Cc3ccccc3Cl)c(N)c2C#N)c1. The van der Waals surface area contributed by atoms with E-state index in [1.807, 2.05) is 38.1 Å². The maximum atomic E-state index is 9.44. The summed E-state index contributed by atoms with van der Waals surface area (Å²) in [5.74, 6) is 0.501. The Morgan fingerprint density at radius 3 is 2.69 bits per heavy atom. The molecule has 0 amide bonds. The predicted octanol–water partition coefficient (Wildman–Crippen LogP) is 4.23. The van der Waals surface area contributed by atoms with E-state index >= 15 is 0 Å². The highest BCUT2D eigenvalue weighted by atomic mass is 35.5. The lowest BCUT2D eigenvalue weighted by atomic mass is 10.1. The molecule has 0 saturated carbocycles. The van der Waals surface area contributed by atoms with Crippen molar-refractivity contribution >= 4 is 17.4 Å². The summed E-state index contributed by atoms with van der Waals surface area (Å²) >= 11 is 6.20. The molecule has 132 valence electrons. The first-order chi connectivity index (χ1) is 12.5. The Morgan fingerprint density at radius 1 is 1.19 bits per heavy atom. The van der Waals surface area contributed by atoms with Gasteiger partial charge in [0.05, 0.1) is 6.54 Å². The minimum atomic E-state index is 0.234. The quantitative estimate of drug-likeness (QED) is 0.732. The maximum absolute atomic E-state index is 9.44. The first kappa shape index (κ1) is 17.8. The Bertz CT molecular complexity index is 988. The molecular formula is C20H19ClN4O. The topological polar surface area (TPSA) is 76.9 Å². The molecule has 1 heterocycles. The molecule has 0 atom stereocenters. The molecule has 0 spiro atoms. The number of aromatic nitrogens is 2. The number of nitrogens with zero attached hydrogens (tertiary/aromatic N) is 3. The molecule has 2 N–H and O–H groups in total. The van der Waals surface area contributed by atoms with Crippen molar-refractivity contribution in [2.75, 3.05) is 5.73 Å². The van der Waals surface area contributed by atoms with Crippen LogP contribution < -0.4 is 10.5 Å². The zero-order valence-electron chi connectivity index (χ0n) is 14.7. The Hall–Kier alpha value is -2.97. The summed E-state index contributed by atoms with van der Waals surface area (Å²) in [5, 5.41) is 14.4. The normalized spacial score (nSPS) is 10.5. The summed E-state index contributed by atoms with van der Waals surface area (Å²) in [5.41, 5.74) is 10.5. The van der Waals surface area contributed by atoms with E-state index in [2.05, 4.69) is 23.3 Å². The first-order valence-electron chi connectivity index (χ1n) is 8.18. The maximum Gasteiger partial charge on any atom is 0.253 e. The summed E-state index contributed by atoms with van der Waals surface area (Å²) in [6, 6.07) is 15.7. The summed E-state index contributed by atoms with van der Waals surface area (Å²) in [7, 11) is 0. The highest BCUT2D eigenvalue weighted by Crippen LogP contribution is 2.26. The van der Waals surface area contributed by atoms with E-state index in [0.717, 1.165) is 22.3 Å². The third-order valence-electron chi connectivity index (χ3n) is 4.22. The average molecular weight is 367 g/mol. The smallest absolute Gasteiger partial charge is 0.253 e. The minimum Gasteiger partial charge on any atom is -0.471 e. The highest BCUT2D eigenvalue weighted by molar-refractivity contribution is 6.31. The fourth-order valence-electron chi connectivity index (χ4n) is 2.67. The van der Waals surface area contributed by atoms with Crippen LogP contribution in [0.1, 0.15) is 27.8 Å². The molecule has 3 rings (SSSR count). The minimum absolute atomic E-state index is 0.234. The number of nitrogens with two attached hydrogens (primary N) is 1. The van der Waals surface area contributed by atoms with E-state index in [1.54, 1.807) is 6.07 Å². The fourth-order valence-corrected chi connectivity index (χ4v) is 2.86. The molecule has 0 aliphatic carbocycles. The van der Waals surface area contributed by atoms with Crippen molar-refractivity contribution in [2.24, 2.45) is 0 Å². The van der Waals surface area contributed by atoms with Crippen molar-refractivity contribution in [1.82, 2.24) is 9.78 Å². The summed E-state index contributed by atoms with van der Waals surface area (Å²) in [6.45, 7) is 4.74. The van der Waals surface area contributed by atoms with Gasteiger partial charge >= 0.3 is 0 Å². The molecule has 0 radical (unpaired) electrons. The van der Waals surface area contributed by atoms with Gasteiger partial charge in [0, 0.05) is 5.02 Å². The molecule has 0 aliphatic heterocycles. The van der Waals surface area contributed by atoms with Crippen LogP contribution in [-0.2, 0) is 13.2 Å². The number of ether oxygens (including phenoxy) is 1. The molecule has 1 aromatic heterocycles. The number of benzene rings is 2. The van der Waals surface area contributed by atoms with Gasteiger partial charge in [0.15, 0.2) is 5.56 Å². The second-order valence-corrected chi connectivity index (χ2v) is 6.55. The monoisotopic (exact) mass is 366 g/mol. The van der Waals surface area contributed by atoms with E-state index in [-0.39, 0.29) is 17.3 Å². The predicted molar refractivity (Wildman–Crippen MR) is 102 cm³/mol. The van der Waals surface area contributed by atoms with Gasteiger partial charge in [-0.1, -0.05) is 53.6 Å². The Labute approximate surface area is 157 Å². The van der Waals surface area contributed by atoms with Gasteiger partial charge in [0.1, 0.15) is 18.5 Å². The van der Waals surface area contributed by atoms with Gasteiger partial charge in [-0.3, -0.25) is 0 Å². The van der Waals surface area contributed by atoms with Crippen LogP contribution in [0.2, 0.25) is 5.02 Å². The molecule has 0 saturated heterocycles. The van der Waals surface area contributed by atoms with Crippen LogP contribution in [0.15, 0.2) is 42.5 Å². The molecule has 26 heavy (non-hydrogen) atoms. The average Bonchev–Trinajstić information content (AvgIpc) is 2.92. The van der Waals surface area contributed by atoms with E-state index in [0.29, 0.717) is 18.2 Å². The lowest BCUT2D eigenvalue weighted by molar-refractivity contribution is 0.288. The molecule has 0 aliphatic rings. The van der Waals surface area contributed by atoms with Crippen molar-refractivity contribution in [3.8, 4) is 11.9 Å². The van der Waals surface area contributed by atoms with Gasteiger partial charge in [-0.05, 0) is 36.6 Å². The number of halogens is 1. The van der Waals surface area contributed by atoms with Gasteiger partial charge in [-0.15, -0.1) is 5.10 Å². The lowest BCUT2D eigenvalue weighted by Crippen LogP contribution is -2.07. The zero-order chi connectivity index (χ0) is 18.7. The third kappa shape index (κ3) is 3.66. The largest absolute Gasteiger partial charge is 0.471 e. The second-order valence-electron chi connectivity index (χ2n) is 6.14. The van der Waals surface area contributed by atoms with Crippen molar-refractivity contribution in [1.29, 1.82) is 5.26 Å². The van der Waals surface area contributed by atoms with E-state index < -0.39 is 0 Å². The second kappa shape index (κ2) is 7.51. The summed E-state index contributed by atoms with van der Waals surface area (Å²) < 4.78 is 7.35. The van der Waals surface area contributed by atoms with Gasteiger partial charge in [0.2, 0.25) is 0 Å². The van der Waals surface area contributed by atoms with Crippen LogP contribution in [0.25, 0.3) is 0 Å². The summed E-state index contributed by atoms with van der Waals surface area (Å²) in [6.07, 6.45) is 0. The van der Waals surface area contributed by atoms with E-state index in [9.17, 15) is 5.26 Å².